The standard InChI is InChI=1S/C49H29N3/c1-2-8-35(9-3-1)49-50-40-13-4-5-14-42(40)51(49)36-23-18-30(19-24-36)37-27-29-44-48-38(37)25-20-33-12-7-15-43(47(33)48)52(44)41-28-22-34-17-16-31-10-6-11-32-21-26-39(41)46(34)45(31)32/h1-29H. The van der Waals surface area contributed by atoms with E-state index in [9.17, 15) is 0 Å². The lowest BCUT2D eigenvalue weighted by atomic mass is 9.93. The second-order valence-corrected chi connectivity index (χ2v) is 13.9. The van der Waals surface area contributed by atoms with E-state index in [1.54, 1.807) is 0 Å². The van der Waals surface area contributed by atoms with Crippen molar-refractivity contribution in [2.24, 2.45) is 0 Å². The monoisotopic (exact) mass is 659 g/mol. The second kappa shape index (κ2) is 10.3. The van der Waals surface area contributed by atoms with E-state index >= 15 is 0 Å². The Bertz CT molecular complexity index is 3310. The summed E-state index contributed by atoms with van der Waals surface area (Å²) in [6.45, 7) is 0. The Hall–Kier alpha value is -6.97. The largest absolute Gasteiger partial charge is 0.309 e. The van der Waals surface area contributed by atoms with Crippen molar-refractivity contribution in [3.05, 3.63) is 176 Å². The first kappa shape index (κ1) is 27.8. The number of fused-ring (bicyclic) bond motifs is 1. The molecule has 2 heterocycles. The Morgan fingerprint density at radius 1 is 0.346 bits per heavy atom. The normalized spacial score (nSPS) is 12.2. The first-order chi connectivity index (χ1) is 25.8. The molecule has 0 aliphatic heterocycles. The molecule has 0 N–H and O–H groups in total. The molecule has 0 atom stereocenters. The summed E-state index contributed by atoms with van der Waals surface area (Å²) in [4.78, 5) is 5.06. The van der Waals surface area contributed by atoms with E-state index in [0.717, 1.165) is 28.1 Å². The van der Waals surface area contributed by atoms with Crippen molar-refractivity contribution < 1.29 is 0 Å². The number of imidazole rings is 1. The van der Waals surface area contributed by atoms with Gasteiger partial charge >= 0.3 is 0 Å². The topological polar surface area (TPSA) is 22.8 Å². The summed E-state index contributed by atoms with van der Waals surface area (Å²) in [5.41, 5.74) is 10.4. The van der Waals surface area contributed by atoms with Crippen molar-refractivity contribution in [1.29, 1.82) is 0 Å². The lowest BCUT2D eigenvalue weighted by molar-refractivity contribution is 1.10. The Morgan fingerprint density at radius 2 is 0.981 bits per heavy atom. The molecule has 0 aliphatic carbocycles. The Kier molecular flexibility index (Phi) is 5.50. The molecule has 3 heteroatoms. The average molecular weight is 660 g/mol. The third kappa shape index (κ3) is 3.72. The SMILES string of the molecule is c1ccc(-c2nc3ccccc3n2-c2ccc(-c3ccc4c5c3ccc3cccc(c35)n4-c3ccc4ccc5cccc6ccc3c4c56)cc2)cc1. The smallest absolute Gasteiger partial charge is 0.145 e. The van der Waals surface area contributed by atoms with Crippen LogP contribution in [-0.2, 0) is 0 Å². The van der Waals surface area contributed by atoms with Crippen LogP contribution in [0.4, 0.5) is 0 Å². The van der Waals surface area contributed by atoms with Crippen LogP contribution in [0, 0.1) is 0 Å². The van der Waals surface area contributed by atoms with Crippen molar-refractivity contribution in [3.63, 3.8) is 0 Å². The molecule has 0 spiro atoms. The van der Waals surface area contributed by atoms with Crippen LogP contribution in [0.1, 0.15) is 0 Å². The zero-order valence-corrected chi connectivity index (χ0v) is 28.1. The summed E-state index contributed by atoms with van der Waals surface area (Å²) in [7, 11) is 0. The van der Waals surface area contributed by atoms with Gasteiger partial charge in [-0.25, -0.2) is 4.98 Å². The number of hydrogen-bond acceptors (Lipinski definition) is 1. The van der Waals surface area contributed by atoms with E-state index in [2.05, 4.69) is 185 Å². The fourth-order valence-corrected chi connectivity index (χ4v) is 8.97. The number of nitrogens with zero attached hydrogens (tertiary/aromatic N) is 3. The first-order valence-corrected chi connectivity index (χ1v) is 17.9. The molecule has 0 amide bonds. The lowest BCUT2D eigenvalue weighted by Crippen LogP contribution is -1.97. The minimum Gasteiger partial charge on any atom is -0.309 e. The third-order valence-corrected chi connectivity index (χ3v) is 11.2. The molecule has 0 aliphatic rings. The van der Waals surface area contributed by atoms with Gasteiger partial charge in [0.2, 0.25) is 0 Å². The van der Waals surface area contributed by atoms with Crippen molar-refractivity contribution in [2.45, 2.75) is 0 Å². The van der Waals surface area contributed by atoms with Crippen LogP contribution in [0.25, 0.3) is 110 Å². The zero-order valence-electron chi connectivity index (χ0n) is 28.1. The van der Waals surface area contributed by atoms with Gasteiger partial charge in [-0.05, 0) is 91.3 Å². The Labute approximate surface area is 298 Å². The predicted molar refractivity (Wildman–Crippen MR) is 219 cm³/mol. The highest BCUT2D eigenvalue weighted by molar-refractivity contribution is 6.28. The molecule has 0 saturated carbocycles. The number of hydrogen-bond donors (Lipinski definition) is 0. The van der Waals surface area contributed by atoms with E-state index in [0.29, 0.717) is 0 Å². The summed E-state index contributed by atoms with van der Waals surface area (Å²) >= 11 is 0. The molecule has 0 saturated heterocycles. The number of para-hydroxylation sites is 2. The highest BCUT2D eigenvalue weighted by atomic mass is 15.1. The molecule has 0 unspecified atom stereocenters. The molecule has 0 bridgehead atoms. The second-order valence-electron chi connectivity index (χ2n) is 13.9. The first-order valence-electron chi connectivity index (χ1n) is 17.9. The molecule has 240 valence electrons. The van der Waals surface area contributed by atoms with Crippen molar-refractivity contribution in [3.8, 4) is 33.9 Å². The van der Waals surface area contributed by atoms with Crippen LogP contribution in [0.15, 0.2) is 176 Å². The number of aromatic nitrogens is 3. The number of benzene rings is 10. The summed E-state index contributed by atoms with van der Waals surface area (Å²) in [5, 5.41) is 13.0. The molecule has 3 nitrogen and oxygen atoms in total. The molecule has 2 aromatic heterocycles. The highest BCUT2D eigenvalue weighted by Crippen LogP contribution is 2.45. The molecule has 12 aromatic rings. The predicted octanol–water partition coefficient (Wildman–Crippen LogP) is 12.9. The fraction of sp³-hybridized carbons (Fsp3) is 0. The van der Waals surface area contributed by atoms with Gasteiger partial charge in [0.05, 0.1) is 27.8 Å². The molecular formula is C49H29N3. The van der Waals surface area contributed by atoms with Crippen molar-refractivity contribution in [1.82, 2.24) is 14.1 Å². The van der Waals surface area contributed by atoms with Gasteiger partial charge < -0.3 is 4.57 Å². The van der Waals surface area contributed by atoms with Gasteiger partial charge in [-0.15, -0.1) is 0 Å². The lowest BCUT2D eigenvalue weighted by Gasteiger charge is -2.16. The molecular weight excluding hydrogens is 631 g/mol. The van der Waals surface area contributed by atoms with Crippen LogP contribution in [0.5, 0.6) is 0 Å². The Balaban J connectivity index is 1.06. The van der Waals surface area contributed by atoms with E-state index in [1.807, 2.05) is 0 Å². The number of rotatable bonds is 4. The third-order valence-electron chi connectivity index (χ3n) is 11.2. The van der Waals surface area contributed by atoms with Gasteiger partial charge in [-0.2, -0.15) is 0 Å². The molecule has 12 rings (SSSR count). The average Bonchev–Trinajstić information content (AvgIpc) is 3.77. The zero-order chi connectivity index (χ0) is 33.9. The fourth-order valence-electron chi connectivity index (χ4n) is 8.97. The minimum atomic E-state index is 0.945. The van der Waals surface area contributed by atoms with Crippen LogP contribution < -0.4 is 0 Å². The van der Waals surface area contributed by atoms with E-state index < -0.39 is 0 Å². The summed E-state index contributed by atoms with van der Waals surface area (Å²) in [6.07, 6.45) is 0. The Morgan fingerprint density at radius 3 is 1.81 bits per heavy atom. The van der Waals surface area contributed by atoms with E-state index in [-0.39, 0.29) is 0 Å². The maximum absolute atomic E-state index is 5.06. The molecule has 10 aromatic carbocycles. The van der Waals surface area contributed by atoms with Gasteiger partial charge in [0.15, 0.2) is 0 Å². The summed E-state index contributed by atoms with van der Waals surface area (Å²) in [5.74, 6) is 0.945. The van der Waals surface area contributed by atoms with Gasteiger partial charge in [0.1, 0.15) is 5.82 Å². The quantitative estimate of drug-likeness (QED) is 0.172. The summed E-state index contributed by atoms with van der Waals surface area (Å²) < 4.78 is 4.77. The van der Waals surface area contributed by atoms with E-state index in [4.69, 9.17) is 4.98 Å². The van der Waals surface area contributed by atoms with Crippen molar-refractivity contribution >= 4 is 75.9 Å². The van der Waals surface area contributed by atoms with Gasteiger partial charge in [-0.3, -0.25) is 4.57 Å². The molecule has 0 radical (unpaired) electrons. The minimum absolute atomic E-state index is 0.945. The maximum atomic E-state index is 5.06. The van der Waals surface area contributed by atoms with Crippen LogP contribution >= 0.6 is 0 Å². The van der Waals surface area contributed by atoms with Gasteiger partial charge in [-0.1, -0.05) is 133 Å². The maximum Gasteiger partial charge on any atom is 0.145 e. The van der Waals surface area contributed by atoms with Crippen LogP contribution in [-0.4, -0.2) is 14.1 Å². The van der Waals surface area contributed by atoms with Gasteiger partial charge in [0.25, 0.3) is 0 Å². The van der Waals surface area contributed by atoms with Gasteiger partial charge in [0, 0.05) is 27.4 Å². The molecule has 52 heavy (non-hydrogen) atoms. The van der Waals surface area contributed by atoms with E-state index in [1.165, 1.54) is 81.7 Å². The highest BCUT2D eigenvalue weighted by Gasteiger charge is 2.21. The van der Waals surface area contributed by atoms with Crippen LogP contribution in [0.2, 0.25) is 0 Å². The summed E-state index contributed by atoms with van der Waals surface area (Å²) in [6, 6.07) is 64.2. The van der Waals surface area contributed by atoms with Crippen LogP contribution in [0.3, 0.4) is 0 Å². The molecule has 0 fully saturated rings. The van der Waals surface area contributed by atoms with Crippen molar-refractivity contribution in [2.75, 3.05) is 0 Å².